The number of rotatable bonds is 5. The molecule has 1 aliphatic carbocycles. The molecule has 1 atom stereocenters. The summed E-state index contributed by atoms with van der Waals surface area (Å²) in [7, 11) is 0. The maximum Gasteiger partial charge on any atom is 0.240 e. The molecule has 1 unspecified atom stereocenters. The van der Waals surface area contributed by atoms with Gasteiger partial charge in [-0.2, -0.15) is 0 Å². The van der Waals surface area contributed by atoms with Gasteiger partial charge in [0.15, 0.2) is 11.6 Å². The lowest BCUT2D eigenvalue weighted by Crippen LogP contribution is -2.42. The van der Waals surface area contributed by atoms with E-state index >= 15 is 0 Å². The van der Waals surface area contributed by atoms with Crippen LogP contribution in [0.15, 0.2) is 18.2 Å². The molecule has 0 aromatic heterocycles. The Morgan fingerprint density at radius 2 is 2.00 bits per heavy atom. The molecular formula is C16H18F2N2O3. The van der Waals surface area contributed by atoms with Gasteiger partial charge in [-0.25, -0.2) is 8.78 Å². The summed E-state index contributed by atoms with van der Waals surface area (Å²) in [5, 5.41) is 5.24. The monoisotopic (exact) mass is 324 g/mol. The molecule has 0 radical (unpaired) electrons. The molecule has 124 valence electrons. The molecule has 1 aromatic rings. The second-order valence-corrected chi connectivity index (χ2v) is 6.01. The Balaban J connectivity index is 1.58. The van der Waals surface area contributed by atoms with Crippen LogP contribution in [-0.4, -0.2) is 31.1 Å². The van der Waals surface area contributed by atoms with Crippen LogP contribution in [0.4, 0.5) is 14.5 Å². The smallest absolute Gasteiger partial charge is 0.240 e. The van der Waals surface area contributed by atoms with Gasteiger partial charge in [0.05, 0.1) is 6.10 Å². The van der Waals surface area contributed by atoms with E-state index in [0.29, 0.717) is 26.0 Å². The summed E-state index contributed by atoms with van der Waals surface area (Å²) in [5.74, 6) is -2.87. The van der Waals surface area contributed by atoms with Gasteiger partial charge in [0.25, 0.3) is 0 Å². The topological polar surface area (TPSA) is 67.4 Å². The highest BCUT2D eigenvalue weighted by atomic mass is 19.2. The quantitative estimate of drug-likeness (QED) is 0.814. The molecule has 2 N–H and O–H groups in total. The Labute approximate surface area is 132 Å². The van der Waals surface area contributed by atoms with Crippen molar-refractivity contribution in [3.05, 3.63) is 29.8 Å². The number of halogens is 2. The molecular weight excluding hydrogens is 306 g/mol. The van der Waals surface area contributed by atoms with Crippen molar-refractivity contribution in [2.75, 3.05) is 18.5 Å². The van der Waals surface area contributed by atoms with Gasteiger partial charge >= 0.3 is 0 Å². The van der Waals surface area contributed by atoms with Gasteiger partial charge in [-0.05, 0) is 37.8 Å². The first-order valence-corrected chi connectivity index (χ1v) is 7.68. The van der Waals surface area contributed by atoms with Crippen molar-refractivity contribution in [1.82, 2.24) is 5.32 Å². The zero-order valence-electron chi connectivity index (χ0n) is 12.5. The third kappa shape index (κ3) is 3.34. The van der Waals surface area contributed by atoms with E-state index in [9.17, 15) is 18.4 Å². The minimum atomic E-state index is -1.11. The summed E-state index contributed by atoms with van der Waals surface area (Å²) < 4.78 is 31.5. The number of nitrogens with one attached hydrogen (secondary N) is 2. The van der Waals surface area contributed by atoms with Gasteiger partial charge in [-0.15, -0.1) is 0 Å². The first-order valence-electron chi connectivity index (χ1n) is 7.68. The Kier molecular flexibility index (Phi) is 4.30. The van der Waals surface area contributed by atoms with Crippen molar-refractivity contribution in [3.63, 3.8) is 0 Å². The van der Waals surface area contributed by atoms with Crippen LogP contribution in [0.25, 0.3) is 0 Å². The number of ether oxygens (including phenoxy) is 1. The minimum Gasteiger partial charge on any atom is -0.376 e. The highest BCUT2D eigenvalue weighted by Crippen LogP contribution is 2.46. The maximum atomic E-state index is 13.2. The molecule has 2 amide bonds. The van der Waals surface area contributed by atoms with Gasteiger partial charge in [0, 0.05) is 24.9 Å². The summed E-state index contributed by atoms with van der Waals surface area (Å²) in [6.07, 6.45) is 2.76. The Hall–Kier alpha value is -2.02. The van der Waals surface area contributed by atoms with Crippen LogP contribution in [-0.2, 0) is 14.3 Å². The zero-order chi connectivity index (χ0) is 16.4. The molecule has 2 aliphatic rings. The van der Waals surface area contributed by atoms with Gasteiger partial charge in [0.2, 0.25) is 11.8 Å². The summed E-state index contributed by atoms with van der Waals surface area (Å²) in [6.45, 7) is 1.08. The molecule has 0 spiro atoms. The van der Waals surface area contributed by atoms with E-state index in [0.717, 1.165) is 25.0 Å². The lowest BCUT2D eigenvalue weighted by molar-refractivity contribution is -0.134. The lowest BCUT2D eigenvalue weighted by atomic mass is 10.0. The van der Waals surface area contributed by atoms with E-state index in [1.54, 1.807) is 0 Å². The molecule has 1 saturated heterocycles. The molecule has 1 saturated carbocycles. The van der Waals surface area contributed by atoms with E-state index < -0.39 is 23.0 Å². The summed E-state index contributed by atoms with van der Waals surface area (Å²) in [6, 6.07) is 3.09. The summed E-state index contributed by atoms with van der Waals surface area (Å²) in [5.41, 5.74) is -0.976. The number of benzene rings is 1. The van der Waals surface area contributed by atoms with Crippen LogP contribution in [0.3, 0.4) is 0 Å². The van der Waals surface area contributed by atoms with E-state index in [-0.39, 0.29) is 17.7 Å². The predicted octanol–water partition coefficient (Wildman–Crippen LogP) is 1.98. The predicted molar refractivity (Wildman–Crippen MR) is 78.6 cm³/mol. The van der Waals surface area contributed by atoms with Gasteiger partial charge in [0.1, 0.15) is 5.41 Å². The second kappa shape index (κ2) is 6.23. The molecule has 23 heavy (non-hydrogen) atoms. The highest BCUT2D eigenvalue weighted by Gasteiger charge is 2.56. The number of hydrogen-bond acceptors (Lipinski definition) is 3. The Bertz CT molecular complexity index is 626. The third-order valence-electron chi connectivity index (χ3n) is 4.31. The third-order valence-corrected chi connectivity index (χ3v) is 4.31. The van der Waals surface area contributed by atoms with Crippen molar-refractivity contribution in [2.45, 2.75) is 31.8 Å². The molecule has 7 heteroatoms. The van der Waals surface area contributed by atoms with Crippen molar-refractivity contribution in [1.29, 1.82) is 0 Å². The maximum absolute atomic E-state index is 13.2. The van der Waals surface area contributed by atoms with Crippen molar-refractivity contribution < 1.29 is 23.1 Å². The largest absolute Gasteiger partial charge is 0.376 e. The normalized spacial score (nSPS) is 21.7. The molecule has 1 heterocycles. The molecule has 5 nitrogen and oxygen atoms in total. The van der Waals surface area contributed by atoms with E-state index in [4.69, 9.17) is 4.74 Å². The van der Waals surface area contributed by atoms with Crippen LogP contribution >= 0.6 is 0 Å². The molecule has 2 fully saturated rings. The standard InChI is InChI=1S/C16H18F2N2O3/c17-12-4-3-10(8-13(12)18)20-15(22)16(5-6-16)14(21)19-9-11-2-1-7-23-11/h3-4,8,11H,1-2,5-7,9H2,(H,19,21)(H,20,22). The van der Waals surface area contributed by atoms with Gasteiger partial charge in [-0.3, -0.25) is 9.59 Å². The molecule has 1 aromatic carbocycles. The van der Waals surface area contributed by atoms with Crippen LogP contribution in [0.1, 0.15) is 25.7 Å². The number of hydrogen-bond donors (Lipinski definition) is 2. The number of carbonyl (C=O) groups is 2. The van der Waals surface area contributed by atoms with Gasteiger partial charge in [-0.1, -0.05) is 0 Å². The summed E-state index contributed by atoms with van der Waals surface area (Å²) >= 11 is 0. The van der Waals surface area contributed by atoms with Crippen LogP contribution in [0.2, 0.25) is 0 Å². The van der Waals surface area contributed by atoms with Crippen molar-refractivity contribution in [3.8, 4) is 0 Å². The fourth-order valence-electron chi connectivity index (χ4n) is 2.69. The van der Waals surface area contributed by atoms with E-state index in [2.05, 4.69) is 10.6 Å². The minimum absolute atomic E-state index is 0.00371. The molecule has 0 bridgehead atoms. The van der Waals surface area contributed by atoms with Crippen molar-refractivity contribution in [2.24, 2.45) is 5.41 Å². The average Bonchev–Trinajstić information content (AvgIpc) is 3.18. The van der Waals surface area contributed by atoms with Crippen LogP contribution < -0.4 is 10.6 Å². The fraction of sp³-hybridized carbons (Fsp3) is 0.500. The number of anilines is 1. The first-order chi connectivity index (χ1) is 11.0. The lowest BCUT2D eigenvalue weighted by Gasteiger charge is -2.17. The molecule has 3 rings (SSSR count). The molecule has 1 aliphatic heterocycles. The fourth-order valence-corrected chi connectivity index (χ4v) is 2.69. The SMILES string of the molecule is O=C(NCC1CCCO1)C1(C(=O)Nc2ccc(F)c(F)c2)CC1. The first kappa shape index (κ1) is 15.9. The van der Waals surface area contributed by atoms with Crippen LogP contribution in [0.5, 0.6) is 0 Å². The Morgan fingerprint density at radius 1 is 1.22 bits per heavy atom. The Morgan fingerprint density at radius 3 is 2.61 bits per heavy atom. The zero-order valence-corrected chi connectivity index (χ0v) is 12.5. The number of carbonyl (C=O) groups excluding carboxylic acids is 2. The van der Waals surface area contributed by atoms with Crippen molar-refractivity contribution >= 4 is 17.5 Å². The van der Waals surface area contributed by atoms with Crippen LogP contribution in [0, 0.1) is 17.0 Å². The van der Waals surface area contributed by atoms with E-state index in [1.165, 1.54) is 6.07 Å². The highest BCUT2D eigenvalue weighted by molar-refractivity contribution is 6.13. The van der Waals surface area contributed by atoms with E-state index in [1.807, 2.05) is 0 Å². The summed E-state index contributed by atoms with van der Waals surface area (Å²) in [4.78, 5) is 24.6. The number of amides is 2. The second-order valence-electron chi connectivity index (χ2n) is 6.01. The van der Waals surface area contributed by atoms with Gasteiger partial charge < -0.3 is 15.4 Å². The average molecular weight is 324 g/mol.